The van der Waals surface area contributed by atoms with Crippen molar-refractivity contribution in [2.24, 2.45) is 5.92 Å². The molecule has 0 spiro atoms. The Hall–Kier alpha value is -2.17. The number of esters is 1. The van der Waals surface area contributed by atoms with Gasteiger partial charge in [0, 0.05) is 6.61 Å². The number of ether oxygens (including phenoxy) is 2. The maximum Gasteiger partial charge on any atom is 0.347 e. The standard InChI is InChI=1S/C24H31NO3/c1-3-25-17-15-20(16-18-25)19-27-23(26)24(28-4-2,21-11-7-5-8-12-21)22-13-9-6-10-14-22/h5-14,20H,3-4,15-19H2,1-2H3. The molecule has 4 heteroatoms. The number of carbonyl (C=O) groups is 1. The van der Waals surface area contributed by atoms with Crippen molar-refractivity contribution < 1.29 is 14.3 Å². The Labute approximate surface area is 168 Å². The molecule has 1 heterocycles. The first-order valence-corrected chi connectivity index (χ1v) is 10.3. The molecule has 3 rings (SSSR count). The van der Waals surface area contributed by atoms with Gasteiger partial charge in [-0.25, -0.2) is 4.79 Å². The topological polar surface area (TPSA) is 38.8 Å². The van der Waals surface area contributed by atoms with Crippen LogP contribution in [0.3, 0.4) is 0 Å². The van der Waals surface area contributed by atoms with E-state index in [1.54, 1.807) is 0 Å². The van der Waals surface area contributed by atoms with E-state index >= 15 is 0 Å². The summed E-state index contributed by atoms with van der Waals surface area (Å²) in [7, 11) is 0. The summed E-state index contributed by atoms with van der Waals surface area (Å²) in [4.78, 5) is 15.9. The van der Waals surface area contributed by atoms with Crippen LogP contribution in [-0.2, 0) is 19.9 Å². The van der Waals surface area contributed by atoms with E-state index in [-0.39, 0.29) is 5.97 Å². The van der Waals surface area contributed by atoms with Gasteiger partial charge >= 0.3 is 5.97 Å². The number of piperidine rings is 1. The zero-order chi connectivity index (χ0) is 19.8. The molecule has 28 heavy (non-hydrogen) atoms. The lowest BCUT2D eigenvalue weighted by molar-refractivity contribution is -0.170. The van der Waals surface area contributed by atoms with Crippen LogP contribution in [0.4, 0.5) is 0 Å². The molecule has 0 atom stereocenters. The van der Waals surface area contributed by atoms with Gasteiger partial charge in [0.25, 0.3) is 0 Å². The third-order valence-corrected chi connectivity index (χ3v) is 5.61. The fourth-order valence-corrected chi connectivity index (χ4v) is 3.95. The van der Waals surface area contributed by atoms with Gasteiger partial charge in [0.2, 0.25) is 5.60 Å². The van der Waals surface area contributed by atoms with Gasteiger partial charge in [0.1, 0.15) is 0 Å². The highest BCUT2D eigenvalue weighted by Crippen LogP contribution is 2.35. The van der Waals surface area contributed by atoms with Crippen LogP contribution in [-0.4, -0.2) is 43.7 Å². The Bertz CT molecular complexity index is 685. The van der Waals surface area contributed by atoms with Gasteiger partial charge in [-0.3, -0.25) is 0 Å². The quantitative estimate of drug-likeness (QED) is 0.641. The Balaban J connectivity index is 1.83. The van der Waals surface area contributed by atoms with Gasteiger partial charge in [0.15, 0.2) is 0 Å². The summed E-state index contributed by atoms with van der Waals surface area (Å²) in [6.07, 6.45) is 2.14. The van der Waals surface area contributed by atoms with Crippen LogP contribution >= 0.6 is 0 Å². The van der Waals surface area contributed by atoms with E-state index in [1.807, 2.05) is 67.6 Å². The van der Waals surface area contributed by atoms with Crippen molar-refractivity contribution in [3.05, 3.63) is 71.8 Å². The predicted octanol–water partition coefficient (Wildman–Crippen LogP) is 4.24. The summed E-state index contributed by atoms with van der Waals surface area (Å²) < 4.78 is 12.0. The Morgan fingerprint density at radius 2 is 1.50 bits per heavy atom. The van der Waals surface area contributed by atoms with Crippen molar-refractivity contribution in [3.63, 3.8) is 0 Å². The van der Waals surface area contributed by atoms with E-state index in [0.29, 0.717) is 19.1 Å². The summed E-state index contributed by atoms with van der Waals surface area (Å²) in [5.74, 6) is 0.0855. The van der Waals surface area contributed by atoms with E-state index < -0.39 is 5.60 Å². The zero-order valence-electron chi connectivity index (χ0n) is 17.0. The highest BCUT2D eigenvalue weighted by Gasteiger charge is 2.45. The van der Waals surface area contributed by atoms with Crippen LogP contribution in [0.5, 0.6) is 0 Å². The summed E-state index contributed by atoms with van der Waals surface area (Å²) >= 11 is 0. The minimum Gasteiger partial charge on any atom is -0.463 e. The van der Waals surface area contributed by atoms with Gasteiger partial charge in [-0.2, -0.15) is 0 Å². The molecule has 1 aliphatic heterocycles. The Morgan fingerprint density at radius 3 is 1.96 bits per heavy atom. The minimum atomic E-state index is -1.23. The van der Waals surface area contributed by atoms with Crippen molar-refractivity contribution in [2.75, 3.05) is 32.8 Å². The number of hydrogen-bond acceptors (Lipinski definition) is 4. The summed E-state index contributed by atoms with van der Waals surface area (Å²) in [5.41, 5.74) is 0.365. The molecule has 1 saturated heterocycles. The van der Waals surface area contributed by atoms with Crippen LogP contribution in [0.1, 0.15) is 37.8 Å². The molecule has 0 radical (unpaired) electrons. The summed E-state index contributed by atoms with van der Waals surface area (Å²) in [6.45, 7) is 8.20. The molecule has 0 aliphatic carbocycles. The highest BCUT2D eigenvalue weighted by molar-refractivity contribution is 5.85. The van der Waals surface area contributed by atoms with Gasteiger partial charge < -0.3 is 14.4 Å². The van der Waals surface area contributed by atoms with Crippen LogP contribution in [0, 0.1) is 5.92 Å². The second-order valence-corrected chi connectivity index (χ2v) is 7.32. The van der Waals surface area contributed by atoms with Crippen molar-refractivity contribution in [1.29, 1.82) is 0 Å². The zero-order valence-corrected chi connectivity index (χ0v) is 17.0. The SMILES string of the molecule is CCOC(C(=O)OCC1CCN(CC)CC1)(c1ccccc1)c1ccccc1. The molecule has 0 amide bonds. The molecule has 0 bridgehead atoms. The smallest absolute Gasteiger partial charge is 0.347 e. The maximum absolute atomic E-state index is 13.5. The molecule has 1 aliphatic rings. The molecule has 0 saturated carbocycles. The number of hydrogen-bond donors (Lipinski definition) is 0. The first kappa shape index (κ1) is 20.6. The van der Waals surface area contributed by atoms with Crippen molar-refractivity contribution in [3.8, 4) is 0 Å². The molecule has 0 aromatic heterocycles. The van der Waals surface area contributed by atoms with Crippen molar-refractivity contribution in [2.45, 2.75) is 32.3 Å². The fourth-order valence-electron chi connectivity index (χ4n) is 3.95. The number of benzene rings is 2. The average molecular weight is 382 g/mol. The molecule has 0 unspecified atom stereocenters. The number of carbonyl (C=O) groups excluding carboxylic acids is 1. The molecule has 2 aromatic carbocycles. The van der Waals surface area contributed by atoms with Crippen molar-refractivity contribution >= 4 is 5.97 Å². The fraction of sp³-hybridized carbons (Fsp3) is 0.458. The largest absolute Gasteiger partial charge is 0.463 e. The van der Waals surface area contributed by atoms with E-state index in [9.17, 15) is 4.79 Å². The Morgan fingerprint density at radius 1 is 0.964 bits per heavy atom. The summed E-state index contributed by atoms with van der Waals surface area (Å²) in [6, 6.07) is 19.3. The highest BCUT2D eigenvalue weighted by atomic mass is 16.6. The number of rotatable bonds is 8. The molecule has 4 nitrogen and oxygen atoms in total. The monoisotopic (exact) mass is 381 g/mol. The number of nitrogens with zero attached hydrogens (tertiary/aromatic N) is 1. The second kappa shape index (κ2) is 9.85. The molecular formula is C24H31NO3. The van der Waals surface area contributed by atoms with Gasteiger partial charge in [-0.1, -0.05) is 67.6 Å². The lowest BCUT2D eigenvalue weighted by Crippen LogP contribution is -2.43. The molecular weight excluding hydrogens is 350 g/mol. The first-order chi connectivity index (χ1) is 13.7. The van der Waals surface area contributed by atoms with Gasteiger partial charge in [0.05, 0.1) is 6.61 Å². The number of likely N-dealkylation sites (tertiary alicyclic amines) is 1. The van der Waals surface area contributed by atoms with E-state index in [2.05, 4.69) is 11.8 Å². The lowest BCUT2D eigenvalue weighted by Gasteiger charge is -2.34. The molecule has 1 fully saturated rings. The van der Waals surface area contributed by atoms with Crippen LogP contribution in [0.25, 0.3) is 0 Å². The summed E-state index contributed by atoms with van der Waals surface area (Å²) in [5, 5.41) is 0. The lowest BCUT2D eigenvalue weighted by atomic mass is 9.86. The van der Waals surface area contributed by atoms with Crippen LogP contribution < -0.4 is 0 Å². The van der Waals surface area contributed by atoms with Gasteiger partial charge in [-0.05, 0) is 56.4 Å². The van der Waals surface area contributed by atoms with Crippen LogP contribution in [0.15, 0.2) is 60.7 Å². The molecule has 2 aromatic rings. The maximum atomic E-state index is 13.5. The minimum absolute atomic E-state index is 0.329. The normalized spacial score (nSPS) is 16.1. The third kappa shape index (κ3) is 4.45. The third-order valence-electron chi connectivity index (χ3n) is 5.61. The Kier molecular flexibility index (Phi) is 7.24. The van der Waals surface area contributed by atoms with E-state index in [0.717, 1.165) is 43.6 Å². The molecule has 0 N–H and O–H groups in total. The van der Waals surface area contributed by atoms with Gasteiger partial charge in [-0.15, -0.1) is 0 Å². The van der Waals surface area contributed by atoms with Crippen LogP contribution in [0.2, 0.25) is 0 Å². The van der Waals surface area contributed by atoms with E-state index in [4.69, 9.17) is 9.47 Å². The first-order valence-electron chi connectivity index (χ1n) is 10.3. The molecule has 150 valence electrons. The van der Waals surface area contributed by atoms with Crippen molar-refractivity contribution in [1.82, 2.24) is 4.90 Å². The van der Waals surface area contributed by atoms with E-state index in [1.165, 1.54) is 0 Å². The predicted molar refractivity (Wildman–Crippen MR) is 111 cm³/mol. The average Bonchev–Trinajstić information content (AvgIpc) is 2.77. The second-order valence-electron chi connectivity index (χ2n) is 7.32.